The van der Waals surface area contributed by atoms with Gasteiger partial charge in [-0.3, -0.25) is 9.59 Å². The Morgan fingerprint density at radius 3 is 2.31 bits per heavy atom. The van der Waals surface area contributed by atoms with Crippen molar-refractivity contribution >= 4 is 23.6 Å². The van der Waals surface area contributed by atoms with Crippen molar-refractivity contribution in [2.24, 2.45) is 0 Å². The number of amides is 3. The SMILES string of the molecule is C#Cc1ccccc1C(C(=O)Nc1ccccc1C)N(CC=C)C(=O)C(Cc1ccc(O)cc1)NC(=O)OC(C)(C)C. The first-order valence-electron chi connectivity index (χ1n) is 13.5. The number of aromatic hydroxyl groups is 1. The van der Waals surface area contributed by atoms with Crippen LogP contribution in [-0.2, 0) is 20.7 Å². The lowest BCUT2D eigenvalue weighted by Gasteiger charge is -2.34. The lowest BCUT2D eigenvalue weighted by Crippen LogP contribution is -2.53. The molecule has 3 N–H and O–H groups in total. The number of ether oxygens (including phenoxy) is 1. The fourth-order valence-corrected chi connectivity index (χ4v) is 4.41. The number of hydrogen-bond donors (Lipinski definition) is 3. The molecule has 8 heteroatoms. The highest BCUT2D eigenvalue weighted by atomic mass is 16.6. The number of benzene rings is 3. The highest BCUT2D eigenvalue weighted by Crippen LogP contribution is 2.28. The Labute approximate surface area is 247 Å². The van der Waals surface area contributed by atoms with Gasteiger partial charge >= 0.3 is 6.09 Å². The van der Waals surface area contributed by atoms with Crippen LogP contribution in [0.5, 0.6) is 5.75 Å². The van der Waals surface area contributed by atoms with E-state index in [0.717, 1.165) is 5.56 Å². The van der Waals surface area contributed by atoms with E-state index in [0.29, 0.717) is 22.4 Å². The van der Waals surface area contributed by atoms with Gasteiger partial charge in [-0.1, -0.05) is 60.5 Å². The smallest absolute Gasteiger partial charge is 0.408 e. The molecule has 0 aliphatic carbocycles. The first kappa shape index (κ1) is 31.5. The molecule has 2 atom stereocenters. The molecule has 0 saturated heterocycles. The van der Waals surface area contributed by atoms with E-state index in [1.807, 2.05) is 19.1 Å². The van der Waals surface area contributed by atoms with Crippen molar-refractivity contribution in [2.75, 3.05) is 11.9 Å². The van der Waals surface area contributed by atoms with Crippen molar-refractivity contribution in [1.29, 1.82) is 0 Å². The molecule has 0 aliphatic heterocycles. The van der Waals surface area contributed by atoms with E-state index in [9.17, 15) is 19.5 Å². The number of phenols is 1. The molecule has 42 heavy (non-hydrogen) atoms. The van der Waals surface area contributed by atoms with Gasteiger partial charge in [0.1, 0.15) is 23.4 Å². The average Bonchev–Trinajstić information content (AvgIpc) is 2.93. The molecule has 0 spiro atoms. The van der Waals surface area contributed by atoms with Crippen LogP contribution in [-0.4, -0.2) is 46.1 Å². The van der Waals surface area contributed by atoms with E-state index >= 15 is 0 Å². The molecular weight excluding hydrogens is 530 g/mol. The molecule has 0 aromatic heterocycles. The van der Waals surface area contributed by atoms with Crippen LogP contribution in [0.4, 0.5) is 10.5 Å². The van der Waals surface area contributed by atoms with Gasteiger partial charge in [0.05, 0.1) is 0 Å². The molecule has 0 fully saturated rings. The van der Waals surface area contributed by atoms with Crippen molar-refractivity contribution in [3.05, 3.63) is 108 Å². The third kappa shape index (κ3) is 8.48. The fraction of sp³-hybridized carbons (Fsp3) is 0.265. The summed E-state index contributed by atoms with van der Waals surface area (Å²) in [5.74, 6) is 1.65. The molecule has 8 nitrogen and oxygen atoms in total. The molecule has 0 bridgehead atoms. The molecule has 3 aromatic rings. The van der Waals surface area contributed by atoms with Crippen LogP contribution in [0.25, 0.3) is 0 Å². The van der Waals surface area contributed by atoms with Crippen LogP contribution in [0, 0.1) is 19.3 Å². The Bertz CT molecular complexity index is 1470. The van der Waals surface area contributed by atoms with Gasteiger partial charge in [0.2, 0.25) is 5.91 Å². The van der Waals surface area contributed by atoms with E-state index in [4.69, 9.17) is 11.2 Å². The minimum Gasteiger partial charge on any atom is -0.508 e. The minimum absolute atomic E-state index is 0.0221. The lowest BCUT2D eigenvalue weighted by atomic mass is 9.96. The normalized spacial score (nSPS) is 12.3. The largest absolute Gasteiger partial charge is 0.508 e. The average molecular weight is 568 g/mol. The van der Waals surface area contributed by atoms with Gasteiger partial charge in [0, 0.05) is 24.2 Å². The quantitative estimate of drug-likeness (QED) is 0.221. The van der Waals surface area contributed by atoms with Crippen LogP contribution in [0.2, 0.25) is 0 Å². The van der Waals surface area contributed by atoms with E-state index in [2.05, 4.69) is 23.1 Å². The maximum atomic E-state index is 14.4. The maximum absolute atomic E-state index is 14.4. The summed E-state index contributed by atoms with van der Waals surface area (Å²) in [6.45, 7) is 10.8. The van der Waals surface area contributed by atoms with Crippen LogP contribution >= 0.6 is 0 Å². The zero-order chi connectivity index (χ0) is 30.9. The number of anilines is 1. The first-order chi connectivity index (χ1) is 19.9. The summed E-state index contributed by atoms with van der Waals surface area (Å²) in [7, 11) is 0. The Morgan fingerprint density at radius 1 is 1.05 bits per heavy atom. The summed E-state index contributed by atoms with van der Waals surface area (Å²) in [5.41, 5.74) is 2.18. The molecule has 3 amide bonds. The van der Waals surface area contributed by atoms with Crippen molar-refractivity contribution in [1.82, 2.24) is 10.2 Å². The molecule has 0 aliphatic rings. The highest BCUT2D eigenvalue weighted by Gasteiger charge is 2.37. The van der Waals surface area contributed by atoms with Crippen molar-refractivity contribution < 1.29 is 24.2 Å². The molecular formula is C34H37N3O5. The second kappa shape index (κ2) is 14.0. The lowest BCUT2D eigenvalue weighted by molar-refractivity contribution is -0.140. The number of hydrogen-bond acceptors (Lipinski definition) is 5. The molecule has 2 unspecified atom stereocenters. The van der Waals surface area contributed by atoms with Crippen LogP contribution < -0.4 is 10.6 Å². The number of nitrogens with one attached hydrogen (secondary N) is 2. The summed E-state index contributed by atoms with van der Waals surface area (Å²) in [5, 5.41) is 15.4. The Kier molecular flexibility index (Phi) is 10.5. The Morgan fingerprint density at radius 2 is 1.69 bits per heavy atom. The number of nitrogens with zero attached hydrogens (tertiary/aromatic N) is 1. The minimum atomic E-state index is -1.16. The van der Waals surface area contributed by atoms with Crippen LogP contribution in [0.15, 0.2) is 85.5 Å². The second-order valence-corrected chi connectivity index (χ2v) is 10.8. The molecule has 0 saturated carbocycles. The van der Waals surface area contributed by atoms with Crippen molar-refractivity contribution in [3.63, 3.8) is 0 Å². The first-order valence-corrected chi connectivity index (χ1v) is 13.5. The molecule has 3 aromatic carbocycles. The third-order valence-corrected chi connectivity index (χ3v) is 6.35. The zero-order valence-corrected chi connectivity index (χ0v) is 24.4. The summed E-state index contributed by atoms with van der Waals surface area (Å²) in [6.07, 6.45) is 6.60. The predicted molar refractivity (Wildman–Crippen MR) is 164 cm³/mol. The number of phenolic OH excluding ortho intramolecular Hbond substituents is 1. The molecule has 3 rings (SSSR count). The summed E-state index contributed by atoms with van der Waals surface area (Å²) in [4.78, 5) is 42.6. The maximum Gasteiger partial charge on any atom is 0.408 e. The number of aryl methyl sites for hydroxylation is 1. The van der Waals surface area contributed by atoms with Gasteiger partial charge < -0.3 is 25.4 Å². The summed E-state index contributed by atoms with van der Waals surface area (Å²) in [6, 6.07) is 18.2. The third-order valence-electron chi connectivity index (χ3n) is 6.35. The monoisotopic (exact) mass is 567 g/mol. The molecule has 0 radical (unpaired) electrons. The van der Waals surface area contributed by atoms with Crippen molar-refractivity contribution in [3.8, 4) is 18.1 Å². The van der Waals surface area contributed by atoms with Gasteiger partial charge in [0.15, 0.2) is 0 Å². The predicted octanol–water partition coefficient (Wildman–Crippen LogP) is 5.51. The Balaban J connectivity index is 2.10. The summed E-state index contributed by atoms with van der Waals surface area (Å²) >= 11 is 0. The highest BCUT2D eigenvalue weighted by molar-refractivity contribution is 5.99. The van der Waals surface area contributed by atoms with Gasteiger partial charge in [0.25, 0.3) is 5.91 Å². The zero-order valence-electron chi connectivity index (χ0n) is 24.4. The second-order valence-electron chi connectivity index (χ2n) is 10.8. The number of para-hydroxylation sites is 1. The number of rotatable bonds is 10. The van der Waals surface area contributed by atoms with Crippen molar-refractivity contribution in [2.45, 2.75) is 51.8 Å². The van der Waals surface area contributed by atoms with Gasteiger partial charge in [-0.05, 0) is 68.7 Å². The number of terminal acetylenes is 1. The Hall–Kier alpha value is -5.03. The van der Waals surface area contributed by atoms with Crippen LogP contribution in [0.1, 0.15) is 49.1 Å². The van der Waals surface area contributed by atoms with Crippen LogP contribution in [0.3, 0.4) is 0 Å². The van der Waals surface area contributed by atoms with Gasteiger partial charge in [-0.2, -0.15) is 0 Å². The number of alkyl carbamates (subject to hydrolysis) is 1. The fourth-order valence-electron chi connectivity index (χ4n) is 4.41. The van der Waals surface area contributed by atoms with E-state index in [1.54, 1.807) is 69.3 Å². The van der Waals surface area contributed by atoms with E-state index in [1.165, 1.54) is 23.1 Å². The standard InChI is InChI=1S/C34H37N3O5/c1-7-21-37(32(40)29(36-33(41)42-34(4,5)6)22-24-17-19-26(38)20-18-24)30(27-15-11-10-14-25(27)8-2)31(39)35-28-16-12-9-13-23(28)3/h2,7,9-20,29-30,38H,1,21-22H2,3-6H3,(H,35,39)(H,36,41). The van der Waals surface area contributed by atoms with E-state index in [-0.39, 0.29) is 18.7 Å². The number of carbonyl (C=O) groups is 3. The van der Waals surface area contributed by atoms with Gasteiger partial charge in [-0.25, -0.2) is 4.79 Å². The summed E-state index contributed by atoms with van der Waals surface area (Å²) < 4.78 is 5.45. The molecule has 218 valence electrons. The molecule has 0 heterocycles. The van der Waals surface area contributed by atoms with Gasteiger partial charge in [-0.15, -0.1) is 13.0 Å². The number of carbonyl (C=O) groups excluding carboxylic acids is 3. The topological polar surface area (TPSA) is 108 Å². The van der Waals surface area contributed by atoms with E-state index < -0.39 is 35.6 Å².